The van der Waals surface area contributed by atoms with Crippen molar-refractivity contribution in [2.45, 2.75) is 6.04 Å². The van der Waals surface area contributed by atoms with Crippen molar-refractivity contribution in [1.82, 2.24) is 15.0 Å². The number of hydrogen-bond donors (Lipinski definition) is 0. The molecule has 0 aliphatic carbocycles. The predicted octanol–water partition coefficient (Wildman–Crippen LogP) is 4.07. The van der Waals surface area contributed by atoms with Gasteiger partial charge in [0, 0.05) is 0 Å². The van der Waals surface area contributed by atoms with Crippen LogP contribution in [0.15, 0.2) is 84.9 Å². The second-order valence-corrected chi connectivity index (χ2v) is 5.23. The highest BCUT2D eigenvalue weighted by molar-refractivity contribution is 5.73. The third-order valence-corrected chi connectivity index (χ3v) is 3.76. The van der Waals surface area contributed by atoms with Crippen molar-refractivity contribution in [1.29, 1.82) is 0 Å². The highest BCUT2D eigenvalue weighted by Crippen LogP contribution is 2.26. The largest absolute Gasteiger partial charge is 0.172 e. The molecule has 22 heavy (non-hydrogen) atoms. The summed E-state index contributed by atoms with van der Waals surface area (Å²) in [6, 6.07) is 28.7. The minimum atomic E-state index is -0.0187. The zero-order valence-electron chi connectivity index (χ0n) is 12.0. The molecule has 106 valence electrons. The van der Waals surface area contributed by atoms with Crippen LogP contribution in [0.5, 0.6) is 0 Å². The Hall–Kier alpha value is -2.94. The molecule has 4 rings (SSSR count). The van der Waals surface area contributed by atoms with Gasteiger partial charge in [-0.25, -0.2) is 0 Å². The number of rotatable bonds is 3. The molecule has 3 aromatic carbocycles. The first kappa shape index (κ1) is 12.8. The number of aromatic nitrogens is 3. The fourth-order valence-corrected chi connectivity index (χ4v) is 2.72. The molecule has 0 saturated heterocycles. The van der Waals surface area contributed by atoms with Crippen LogP contribution in [-0.4, -0.2) is 15.0 Å². The quantitative estimate of drug-likeness (QED) is 0.568. The van der Waals surface area contributed by atoms with Crippen molar-refractivity contribution in [2.75, 3.05) is 0 Å². The minimum Gasteiger partial charge on any atom is -0.172 e. The Bertz CT molecular complexity index is 810. The summed E-state index contributed by atoms with van der Waals surface area (Å²) in [7, 11) is 0. The summed E-state index contributed by atoms with van der Waals surface area (Å²) in [4.78, 5) is 1.81. The smallest absolute Gasteiger partial charge is 0.122 e. The molecule has 0 spiro atoms. The first-order valence-electron chi connectivity index (χ1n) is 7.33. The predicted molar refractivity (Wildman–Crippen MR) is 87.7 cm³/mol. The Labute approximate surface area is 128 Å². The third kappa shape index (κ3) is 2.27. The van der Waals surface area contributed by atoms with Gasteiger partial charge in [-0.1, -0.05) is 72.8 Å². The topological polar surface area (TPSA) is 30.7 Å². The van der Waals surface area contributed by atoms with Crippen LogP contribution in [0.1, 0.15) is 17.2 Å². The summed E-state index contributed by atoms with van der Waals surface area (Å²) in [6.45, 7) is 0. The van der Waals surface area contributed by atoms with E-state index in [9.17, 15) is 0 Å². The van der Waals surface area contributed by atoms with Gasteiger partial charge < -0.3 is 0 Å². The zero-order chi connectivity index (χ0) is 14.8. The van der Waals surface area contributed by atoms with E-state index in [-0.39, 0.29) is 6.04 Å². The fourth-order valence-electron chi connectivity index (χ4n) is 2.72. The monoisotopic (exact) mass is 285 g/mol. The Morgan fingerprint density at radius 2 is 0.955 bits per heavy atom. The van der Waals surface area contributed by atoms with Gasteiger partial charge >= 0.3 is 0 Å². The molecule has 0 radical (unpaired) electrons. The molecule has 0 fully saturated rings. The molecule has 3 heteroatoms. The molecule has 1 heterocycles. The Morgan fingerprint density at radius 3 is 1.41 bits per heavy atom. The molecule has 4 aromatic rings. The summed E-state index contributed by atoms with van der Waals surface area (Å²) in [5.74, 6) is 0. The molecule has 0 bridgehead atoms. The van der Waals surface area contributed by atoms with E-state index in [1.807, 2.05) is 41.2 Å². The van der Waals surface area contributed by atoms with Crippen LogP contribution in [0.4, 0.5) is 0 Å². The van der Waals surface area contributed by atoms with Gasteiger partial charge in [0.1, 0.15) is 17.1 Å². The molecule has 0 saturated carbocycles. The van der Waals surface area contributed by atoms with Crippen LogP contribution >= 0.6 is 0 Å². The van der Waals surface area contributed by atoms with E-state index >= 15 is 0 Å². The fraction of sp³-hybridized carbons (Fsp3) is 0.0526. The third-order valence-electron chi connectivity index (χ3n) is 3.76. The minimum absolute atomic E-state index is 0.0187. The molecule has 0 aliphatic heterocycles. The van der Waals surface area contributed by atoms with E-state index in [1.165, 1.54) is 11.1 Å². The van der Waals surface area contributed by atoms with Gasteiger partial charge in [0.05, 0.1) is 0 Å². The summed E-state index contributed by atoms with van der Waals surface area (Å²) in [5.41, 5.74) is 4.18. The van der Waals surface area contributed by atoms with E-state index in [0.717, 1.165) is 11.0 Å². The van der Waals surface area contributed by atoms with Gasteiger partial charge in [-0.05, 0) is 23.3 Å². The standard InChI is InChI=1S/C19H15N3/c1-3-9-15(10-4-1)19(16-11-5-2-6-12-16)22-20-17-13-7-8-14-18(17)21-22/h1-14,19H. The lowest BCUT2D eigenvalue weighted by Crippen LogP contribution is -2.15. The summed E-state index contributed by atoms with van der Waals surface area (Å²) < 4.78 is 0. The van der Waals surface area contributed by atoms with Gasteiger partial charge in [0.2, 0.25) is 0 Å². The maximum Gasteiger partial charge on any atom is 0.122 e. The number of nitrogens with zero attached hydrogens (tertiary/aromatic N) is 3. The average molecular weight is 285 g/mol. The second kappa shape index (κ2) is 5.45. The molecule has 0 unspecified atom stereocenters. The Kier molecular flexibility index (Phi) is 3.16. The SMILES string of the molecule is c1ccc(C(c2ccccc2)n2nc3ccccc3n2)cc1. The molecule has 0 atom stereocenters. The molecule has 0 N–H and O–H groups in total. The first-order chi connectivity index (χ1) is 10.9. The molecule has 3 nitrogen and oxygen atoms in total. The number of hydrogen-bond acceptors (Lipinski definition) is 2. The second-order valence-electron chi connectivity index (χ2n) is 5.23. The van der Waals surface area contributed by atoms with E-state index in [0.29, 0.717) is 0 Å². The summed E-state index contributed by atoms with van der Waals surface area (Å²) >= 11 is 0. The van der Waals surface area contributed by atoms with Crippen molar-refractivity contribution in [3.05, 3.63) is 96.1 Å². The summed E-state index contributed by atoms with van der Waals surface area (Å²) in [5, 5.41) is 9.34. The van der Waals surface area contributed by atoms with Crippen molar-refractivity contribution < 1.29 is 0 Å². The van der Waals surface area contributed by atoms with Crippen molar-refractivity contribution >= 4 is 11.0 Å². The van der Waals surface area contributed by atoms with Gasteiger partial charge in [-0.2, -0.15) is 15.0 Å². The normalized spacial score (nSPS) is 11.1. The van der Waals surface area contributed by atoms with E-state index < -0.39 is 0 Å². The van der Waals surface area contributed by atoms with Crippen LogP contribution in [-0.2, 0) is 0 Å². The Balaban J connectivity index is 1.90. The van der Waals surface area contributed by atoms with Gasteiger partial charge in [-0.15, -0.1) is 0 Å². The van der Waals surface area contributed by atoms with Crippen LogP contribution < -0.4 is 0 Å². The van der Waals surface area contributed by atoms with Crippen LogP contribution in [0.2, 0.25) is 0 Å². The molecule has 0 aliphatic rings. The van der Waals surface area contributed by atoms with Crippen LogP contribution in [0.3, 0.4) is 0 Å². The maximum atomic E-state index is 4.67. The number of fused-ring (bicyclic) bond motifs is 1. The van der Waals surface area contributed by atoms with Crippen molar-refractivity contribution in [2.24, 2.45) is 0 Å². The zero-order valence-corrected chi connectivity index (χ0v) is 12.0. The summed E-state index contributed by atoms with van der Waals surface area (Å²) in [6.07, 6.45) is 0. The first-order valence-corrected chi connectivity index (χ1v) is 7.33. The molecular formula is C19H15N3. The van der Waals surface area contributed by atoms with Crippen molar-refractivity contribution in [3.8, 4) is 0 Å². The Morgan fingerprint density at radius 1 is 0.545 bits per heavy atom. The molecule has 1 aromatic heterocycles. The highest BCUT2D eigenvalue weighted by Gasteiger charge is 2.18. The van der Waals surface area contributed by atoms with Gasteiger partial charge in [0.25, 0.3) is 0 Å². The van der Waals surface area contributed by atoms with Crippen LogP contribution in [0, 0.1) is 0 Å². The van der Waals surface area contributed by atoms with E-state index in [1.54, 1.807) is 0 Å². The van der Waals surface area contributed by atoms with Gasteiger partial charge in [-0.3, -0.25) is 0 Å². The number of benzene rings is 3. The van der Waals surface area contributed by atoms with E-state index in [4.69, 9.17) is 0 Å². The van der Waals surface area contributed by atoms with Gasteiger partial charge in [0.15, 0.2) is 0 Å². The lowest BCUT2D eigenvalue weighted by molar-refractivity contribution is 0.526. The van der Waals surface area contributed by atoms with Crippen molar-refractivity contribution in [3.63, 3.8) is 0 Å². The average Bonchev–Trinajstić information content (AvgIpc) is 3.00. The lowest BCUT2D eigenvalue weighted by Gasteiger charge is -2.17. The van der Waals surface area contributed by atoms with E-state index in [2.05, 4.69) is 58.7 Å². The highest BCUT2D eigenvalue weighted by atomic mass is 15.5. The molecule has 0 amide bonds. The molecular weight excluding hydrogens is 270 g/mol. The van der Waals surface area contributed by atoms with Crippen LogP contribution in [0.25, 0.3) is 11.0 Å². The maximum absolute atomic E-state index is 4.67. The lowest BCUT2D eigenvalue weighted by atomic mass is 9.99.